The molecule has 0 N–H and O–H groups in total. The largest absolute Gasteiger partial charge is 0.462 e. The zero-order valence-corrected chi connectivity index (χ0v) is 22.7. The molecule has 0 radical (unpaired) electrons. The first kappa shape index (κ1) is 25.5. The van der Waals surface area contributed by atoms with E-state index in [4.69, 9.17) is 21.3 Å². The fraction of sp³-hybridized carbons (Fsp3) is 0.379. The Balaban J connectivity index is 1.47. The number of ether oxygens (including phenoxy) is 1. The Labute approximate surface area is 231 Å². The maximum Gasteiger partial charge on any atom is 0.319 e. The van der Waals surface area contributed by atoms with Crippen LogP contribution in [0.15, 0.2) is 42.6 Å². The third kappa shape index (κ3) is 4.68. The summed E-state index contributed by atoms with van der Waals surface area (Å²) in [5, 5.41) is 12.0. The number of likely N-dealkylation sites (tertiary alicyclic amines) is 2. The molecule has 2 saturated heterocycles. The molecule has 2 aliphatic heterocycles. The molecule has 8 nitrogen and oxygen atoms in total. The van der Waals surface area contributed by atoms with Crippen molar-refractivity contribution in [3.8, 4) is 23.5 Å². The number of fused-ring (bicyclic) bond motifs is 2. The summed E-state index contributed by atoms with van der Waals surface area (Å²) >= 11 is 6.55. The summed E-state index contributed by atoms with van der Waals surface area (Å²) in [7, 11) is 3.99. The van der Waals surface area contributed by atoms with Crippen LogP contribution in [0.3, 0.4) is 0 Å². The molecule has 2 aliphatic rings. The molecule has 0 amide bonds. The molecule has 0 spiro atoms. The second kappa shape index (κ2) is 10.4. The summed E-state index contributed by atoms with van der Waals surface area (Å²) in [5.41, 5.74) is 0.916. The van der Waals surface area contributed by atoms with Crippen molar-refractivity contribution in [3.05, 3.63) is 53.4 Å². The quantitative estimate of drug-likeness (QED) is 0.309. The van der Waals surface area contributed by atoms with E-state index in [-0.39, 0.29) is 29.3 Å². The van der Waals surface area contributed by atoms with Crippen LogP contribution in [0.1, 0.15) is 19.3 Å². The zero-order valence-electron chi connectivity index (χ0n) is 21.9. The second-order valence-corrected chi connectivity index (χ2v) is 10.8. The van der Waals surface area contributed by atoms with Gasteiger partial charge in [-0.15, -0.1) is 0 Å². The average Bonchev–Trinajstić information content (AvgIpc) is 3.60. The second-order valence-electron chi connectivity index (χ2n) is 10.3. The fourth-order valence-electron chi connectivity index (χ4n) is 5.72. The molecular weight excluding hydrogens is 517 g/mol. The number of benzene rings is 2. The number of pyridine rings is 1. The van der Waals surface area contributed by atoms with Crippen molar-refractivity contribution in [1.82, 2.24) is 24.8 Å². The molecule has 0 unspecified atom stereocenters. The lowest BCUT2D eigenvalue weighted by molar-refractivity contribution is 0.188. The van der Waals surface area contributed by atoms with Gasteiger partial charge >= 0.3 is 6.01 Å². The van der Waals surface area contributed by atoms with Gasteiger partial charge in [0.05, 0.1) is 11.4 Å². The Morgan fingerprint density at radius 1 is 1.18 bits per heavy atom. The normalized spacial score (nSPS) is 19.6. The maximum atomic E-state index is 16.4. The van der Waals surface area contributed by atoms with E-state index < -0.39 is 5.82 Å². The van der Waals surface area contributed by atoms with Gasteiger partial charge in [-0.2, -0.15) is 15.2 Å². The molecule has 10 heteroatoms. The van der Waals surface area contributed by atoms with E-state index in [0.29, 0.717) is 41.5 Å². The standard InChI is InChI=1S/C29H29ClFN7O/c1-36-12-5-8-20(36)16-39-29-34-27-22(28(35-29)37(2)19-11-13-38(15-19)17-32)14-33-26(25(27)31)21-9-3-6-18-7-4-10-23(30)24(18)21/h3-4,6-7,9-10,14,19-20H,5,8,11-13,15-16H2,1-2H3/t19-,20-/m0/s1. The van der Waals surface area contributed by atoms with Crippen LogP contribution in [-0.4, -0.2) is 77.2 Å². The van der Waals surface area contributed by atoms with E-state index in [0.717, 1.165) is 36.6 Å². The summed E-state index contributed by atoms with van der Waals surface area (Å²) in [5.74, 6) is -0.0154. The summed E-state index contributed by atoms with van der Waals surface area (Å²) in [6.45, 7) is 2.69. The van der Waals surface area contributed by atoms with Gasteiger partial charge in [-0.1, -0.05) is 41.9 Å². The minimum Gasteiger partial charge on any atom is -0.462 e. The molecule has 4 heterocycles. The van der Waals surface area contributed by atoms with Crippen LogP contribution in [0.2, 0.25) is 5.02 Å². The number of aromatic nitrogens is 3. The summed E-state index contributed by atoms with van der Waals surface area (Å²) in [4.78, 5) is 19.8. The van der Waals surface area contributed by atoms with E-state index in [1.54, 1.807) is 17.2 Å². The van der Waals surface area contributed by atoms with Crippen LogP contribution in [0.25, 0.3) is 32.9 Å². The number of hydrogen-bond donors (Lipinski definition) is 0. The third-order valence-corrected chi connectivity index (χ3v) is 8.33. The molecule has 6 rings (SSSR count). The minimum absolute atomic E-state index is 0.0381. The molecule has 2 fully saturated rings. The number of nitriles is 1. The van der Waals surface area contributed by atoms with Gasteiger partial charge in [-0.05, 0) is 44.3 Å². The van der Waals surface area contributed by atoms with Gasteiger partial charge in [0.1, 0.15) is 23.6 Å². The highest BCUT2D eigenvalue weighted by molar-refractivity contribution is 6.36. The van der Waals surface area contributed by atoms with Crippen molar-refractivity contribution in [1.29, 1.82) is 5.26 Å². The number of anilines is 1. The average molecular weight is 546 g/mol. The van der Waals surface area contributed by atoms with Gasteiger partial charge < -0.3 is 19.4 Å². The molecule has 39 heavy (non-hydrogen) atoms. The zero-order chi connectivity index (χ0) is 27.1. The van der Waals surface area contributed by atoms with Crippen molar-refractivity contribution >= 4 is 39.1 Å². The number of rotatable bonds is 6. The molecule has 2 aromatic heterocycles. The van der Waals surface area contributed by atoms with E-state index >= 15 is 4.39 Å². The van der Waals surface area contributed by atoms with Crippen LogP contribution < -0.4 is 9.64 Å². The Morgan fingerprint density at radius 2 is 2.00 bits per heavy atom. The maximum absolute atomic E-state index is 16.4. The molecule has 0 saturated carbocycles. The number of hydrogen-bond acceptors (Lipinski definition) is 8. The van der Waals surface area contributed by atoms with E-state index in [9.17, 15) is 5.26 Å². The van der Waals surface area contributed by atoms with E-state index in [1.807, 2.05) is 42.3 Å². The topological polar surface area (TPSA) is 81.4 Å². The lowest BCUT2D eigenvalue weighted by Gasteiger charge is -2.27. The first-order valence-corrected chi connectivity index (χ1v) is 13.6. The molecule has 200 valence electrons. The molecule has 2 aromatic carbocycles. The van der Waals surface area contributed by atoms with Gasteiger partial charge in [0.15, 0.2) is 12.0 Å². The number of likely N-dealkylation sites (N-methyl/N-ethyl adjacent to an activating group) is 2. The van der Waals surface area contributed by atoms with Crippen LogP contribution in [0.4, 0.5) is 10.2 Å². The Kier molecular flexibility index (Phi) is 6.83. The summed E-state index contributed by atoms with van der Waals surface area (Å²) < 4.78 is 22.5. The van der Waals surface area contributed by atoms with Crippen molar-refractivity contribution in [2.45, 2.75) is 31.3 Å². The summed E-state index contributed by atoms with van der Waals surface area (Å²) in [6.07, 6.45) is 6.79. The SMILES string of the molecule is CN1CCC[C@H]1COc1nc(N(C)[C@H]2CCN(C#N)C2)c2cnc(-c3cccc4cccc(Cl)c34)c(F)c2n1. The first-order chi connectivity index (χ1) is 18.9. The highest BCUT2D eigenvalue weighted by atomic mass is 35.5. The van der Waals surface area contributed by atoms with Crippen LogP contribution in [0.5, 0.6) is 6.01 Å². The molecule has 0 aliphatic carbocycles. The molecular formula is C29H29ClFN7O. The monoisotopic (exact) mass is 545 g/mol. The van der Waals surface area contributed by atoms with Gasteiger partial charge in [0.2, 0.25) is 0 Å². The smallest absolute Gasteiger partial charge is 0.319 e. The van der Waals surface area contributed by atoms with E-state index in [2.05, 4.69) is 28.1 Å². The lowest BCUT2D eigenvalue weighted by Crippen LogP contribution is -2.35. The number of nitrogens with zero attached hydrogens (tertiary/aromatic N) is 7. The number of halogens is 2. The predicted octanol–water partition coefficient (Wildman–Crippen LogP) is 5.10. The fourth-order valence-corrected chi connectivity index (χ4v) is 6.00. The Morgan fingerprint density at radius 3 is 2.74 bits per heavy atom. The lowest BCUT2D eigenvalue weighted by atomic mass is 10.0. The predicted molar refractivity (Wildman–Crippen MR) is 150 cm³/mol. The minimum atomic E-state index is -0.551. The first-order valence-electron chi connectivity index (χ1n) is 13.2. The van der Waals surface area contributed by atoms with Crippen LogP contribution in [0, 0.1) is 17.3 Å². The van der Waals surface area contributed by atoms with Gasteiger partial charge in [0, 0.05) is 48.3 Å². The van der Waals surface area contributed by atoms with Gasteiger partial charge in [0.25, 0.3) is 0 Å². The van der Waals surface area contributed by atoms with Gasteiger partial charge in [-0.3, -0.25) is 4.98 Å². The Bertz CT molecular complexity index is 1590. The van der Waals surface area contributed by atoms with Crippen molar-refractivity contribution in [3.63, 3.8) is 0 Å². The van der Waals surface area contributed by atoms with E-state index in [1.165, 1.54) is 0 Å². The highest BCUT2D eigenvalue weighted by Crippen LogP contribution is 2.37. The van der Waals surface area contributed by atoms with Crippen LogP contribution >= 0.6 is 11.6 Å². The molecule has 4 aromatic rings. The Hall–Kier alpha value is -3.74. The van der Waals surface area contributed by atoms with Crippen molar-refractivity contribution < 1.29 is 9.13 Å². The molecule has 0 bridgehead atoms. The van der Waals surface area contributed by atoms with Crippen LogP contribution in [-0.2, 0) is 0 Å². The van der Waals surface area contributed by atoms with Gasteiger partial charge in [-0.25, -0.2) is 4.39 Å². The summed E-state index contributed by atoms with van der Waals surface area (Å²) in [6, 6.07) is 11.7. The van der Waals surface area contributed by atoms with Crippen molar-refractivity contribution in [2.24, 2.45) is 0 Å². The third-order valence-electron chi connectivity index (χ3n) is 8.02. The molecule has 2 atom stereocenters. The highest BCUT2D eigenvalue weighted by Gasteiger charge is 2.29. The van der Waals surface area contributed by atoms with Crippen molar-refractivity contribution in [2.75, 3.05) is 45.2 Å².